The Morgan fingerprint density at radius 1 is 1.15 bits per heavy atom. The van der Waals surface area contributed by atoms with Crippen LogP contribution in [0.5, 0.6) is 0 Å². The van der Waals surface area contributed by atoms with Crippen molar-refractivity contribution >= 4 is 29.9 Å². The highest BCUT2D eigenvalue weighted by Crippen LogP contribution is 2.20. The van der Waals surface area contributed by atoms with E-state index in [1.54, 1.807) is 18.2 Å². The number of carboxylic acids is 1. The summed E-state index contributed by atoms with van der Waals surface area (Å²) in [5.41, 5.74) is 0.202. The van der Waals surface area contributed by atoms with E-state index in [4.69, 9.17) is 14.6 Å². The van der Waals surface area contributed by atoms with E-state index in [2.05, 4.69) is 4.72 Å². The predicted octanol–water partition coefficient (Wildman–Crippen LogP) is 2.79. The van der Waals surface area contributed by atoms with E-state index < -0.39 is 17.9 Å². The molecule has 0 atom stereocenters. The summed E-state index contributed by atoms with van der Waals surface area (Å²) < 4.78 is 13.1. The van der Waals surface area contributed by atoms with Gasteiger partial charge < -0.3 is 14.6 Å². The van der Waals surface area contributed by atoms with Gasteiger partial charge in [-0.2, -0.15) is 0 Å². The zero-order chi connectivity index (χ0) is 18.8. The van der Waals surface area contributed by atoms with Gasteiger partial charge in [-0.1, -0.05) is 12.5 Å². The summed E-state index contributed by atoms with van der Waals surface area (Å²) in [5, 5.41) is 8.93. The third kappa shape index (κ3) is 7.45. The number of hydrogen-bond donors (Lipinski definition) is 2. The molecule has 0 aliphatic heterocycles. The molecule has 2 N–H and O–H groups in total. The van der Waals surface area contributed by atoms with Gasteiger partial charge in [0, 0.05) is 11.4 Å². The summed E-state index contributed by atoms with van der Waals surface area (Å²) >= 11 is 1.23. The topological polar surface area (TPSA) is 102 Å². The lowest BCUT2D eigenvalue weighted by Crippen LogP contribution is -2.25. The largest absolute Gasteiger partial charge is 0.478 e. The van der Waals surface area contributed by atoms with Crippen molar-refractivity contribution in [2.75, 3.05) is 13.2 Å². The Morgan fingerprint density at radius 3 is 2.65 bits per heavy atom. The fourth-order valence-electron chi connectivity index (χ4n) is 2.59. The van der Waals surface area contributed by atoms with Crippen molar-refractivity contribution in [1.82, 2.24) is 4.72 Å². The van der Waals surface area contributed by atoms with Crippen LogP contribution in [0.25, 0.3) is 0 Å². The average molecular weight is 381 g/mol. The molecule has 1 aliphatic rings. The van der Waals surface area contributed by atoms with Crippen LogP contribution in [0.15, 0.2) is 29.2 Å². The van der Waals surface area contributed by atoms with Gasteiger partial charge in [0.1, 0.15) is 6.10 Å². The van der Waals surface area contributed by atoms with Crippen molar-refractivity contribution in [2.24, 2.45) is 0 Å². The van der Waals surface area contributed by atoms with Gasteiger partial charge in [0.05, 0.1) is 12.0 Å². The minimum Gasteiger partial charge on any atom is -0.478 e. The van der Waals surface area contributed by atoms with Crippen molar-refractivity contribution in [3.63, 3.8) is 0 Å². The Bertz CT molecular complexity index is 630. The highest BCUT2D eigenvalue weighted by atomic mass is 32.2. The van der Waals surface area contributed by atoms with Gasteiger partial charge in [0.15, 0.2) is 6.61 Å². The van der Waals surface area contributed by atoms with Crippen LogP contribution in [-0.4, -0.2) is 42.3 Å². The molecule has 7 nitrogen and oxygen atoms in total. The van der Waals surface area contributed by atoms with Crippen molar-refractivity contribution in [3.05, 3.63) is 29.8 Å². The summed E-state index contributed by atoms with van der Waals surface area (Å²) in [4.78, 5) is 34.9. The molecule has 1 saturated carbocycles. The van der Waals surface area contributed by atoms with Crippen molar-refractivity contribution < 1.29 is 29.0 Å². The number of ether oxygens (including phenoxy) is 2. The first-order valence-electron chi connectivity index (χ1n) is 8.63. The number of hydrogen-bond acceptors (Lipinski definition) is 7. The van der Waals surface area contributed by atoms with Gasteiger partial charge in [-0.25, -0.2) is 9.59 Å². The quantitative estimate of drug-likeness (QED) is 0.382. The van der Waals surface area contributed by atoms with Gasteiger partial charge in [-0.3, -0.25) is 9.52 Å². The lowest BCUT2D eigenvalue weighted by molar-refractivity contribution is -0.163. The first-order chi connectivity index (χ1) is 12.5. The Hall–Kier alpha value is -2.06. The Morgan fingerprint density at radius 2 is 1.92 bits per heavy atom. The molecule has 0 aromatic heterocycles. The van der Waals surface area contributed by atoms with Gasteiger partial charge in [0.2, 0.25) is 0 Å². The molecule has 0 amide bonds. The number of aromatic carboxylic acids is 1. The third-order valence-corrected chi connectivity index (χ3v) is 4.74. The minimum absolute atomic E-state index is 0.0467. The first kappa shape index (κ1) is 20.3. The molecule has 1 aromatic carbocycles. The molecule has 2 rings (SSSR count). The monoisotopic (exact) mass is 381 g/mol. The lowest BCUT2D eigenvalue weighted by Gasteiger charge is -2.21. The molecule has 8 heteroatoms. The maximum Gasteiger partial charge on any atom is 0.344 e. The van der Waals surface area contributed by atoms with Gasteiger partial charge in [-0.05, 0) is 55.8 Å². The molecular weight excluding hydrogens is 358 g/mol. The van der Waals surface area contributed by atoms with E-state index in [9.17, 15) is 14.4 Å². The van der Waals surface area contributed by atoms with Crippen LogP contribution in [0.4, 0.5) is 0 Å². The maximum atomic E-state index is 11.7. The number of carboxylic acid groups (broad SMARTS) is 1. The average Bonchev–Trinajstić information content (AvgIpc) is 2.64. The van der Waals surface area contributed by atoms with E-state index in [0.29, 0.717) is 6.54 Å². The minimum atomic E-state index is -0.990. The Labute approximate surface area is 156 Å². The van der Waals surface area contributed by atoms with E-state index in [-0.39, 0.29) is 24.7 Å². The second-order valence-electron chi connectivity index (χ2n) is 5.99. The summed E-state index contributed by atoms with van der Waals surface area (Å²) in [5.74, 6) is -1.98. The van der Waals surface area contributed by atoms with Crippen LogP contribution in [0, 0.1) is 0 Å². The number of carbonyl (C=O) groups is 3. The third-order valence-electron chi connectivity index (χ3n) is 3.90. The molecule has 0 heterocycles. The molecule has 1 aromatic rings. The smallest absolute Gasteiger partial charge is 0.344 e. The fourth-order valence-corrected chi connectivity index (χ4v) is 3.30. The molecule has 26 heavy (non-hydrogen) atoms. The molecule has 1 aliphatic carbocycles. The van der Waals surface area contributed by atoms with Gasteiger partial charge in [-0.15, -0.1) is 0 Å². The van der Waals surface area contributed by atoms with E-state index >= 15 is 0 Å². The summed E-state index contributed by atoms with van der Waals surface area (Å²) in [6, 6.07) is 6.47. The molecule has 0 bridgehead atoms. The highest BCUT2D eigenvalue weighted by molar-refractivity contribution is 7.97. The van der Waals surface area contributed by atoms with E-state index in [1.807, 2.05) is 0 Å². The summed E-state index contributed by atoms with van der Waals surface area (Å²) in [6.45, 7) is -0.0262. The van der Waals surface area contributed by atoms with Crippen LogP contribution in [0.1, 0.15) is 48.9 Å². The van der Waals surface area contributed by atoms with Crippen LogP contribution in [0.3, 0.4) is 0 Å². The van der Waals surface area contributed by atoms with E-state index in [0.717, 1.165) is 30.6 Å². The molecule has 0 unspecified atom stereocenters. The fraction of sp³-hybridized carbons (Fsp3) is 0.500. The number of esters is 2. The lowest BCUT2D eigenvalue weighted by atomic mass is 9.98. The summed E-state index contributed by atoms with van der Waals surface area (Å²) in [7, 11) is 0. The summed E-state index contributed by atoms with van der Waals surface area (Å²) in [6.07, 6.45) is 5.12. The zero-order valence-electron chi connectivity index (χ0n) is 14.4. The molecule has 1 fully saturated rings. The van der Waals surface area contributed by atoms with Crippen LogP contribution in [-0.2, 0) is 19.1 Å². The number of rotatable bonds is 9. The normalized spacial score (nSPS) is 14.6. The SMILES string of the molecule is O=C(CCNSc1cccc(C(=O)O)c1)OCC(=O)OC1CCCCC1. The maximum absolute atomic E-state index is 11.7. The van der Waals surface area contributed by atoms with Gasteiger partial charge in [0.25, 0.3) is 0 Å². The predicted molar refractivity (Wildman–Crippen MR) is 95.8 cm³/mol. The highest BCUT2D eigenvalue weighted by Gasteiger charge is 2.18. The van der Waals surface area contributed by atoms with Crippen molar-refractivity contribution in [3.8, 4) is 0 Å². The number of benzene rings is 1. The Balaban J connectivity index is 1.57. The van der Waals surface area contributed by atoms with Crippen LogP contribution < -0.4 is 4.72 Å². The molecule has 0 spiro atoms. The molecule has 142 valence electrons. The van der Waals surface area contributed by atoms with Gasteiger partial charge >= 0.3 is 17.9 Å². The van der Waals surface area contributed by atoms with Crippen LogP contribution >= 0.6 is 11.9 Å². The Kier molecular flexibility index (Phi) is 8.43. The molecule has 0 saturated heterocycles. The van der Waals surface area contributed by atoms with E-state index in [1.165, 1.54) is 24.4 Å². The zero-order valence-corrected chi connectivity index (χ0v) is 15.3. The van der Waals surface area contributed by atoms with Crippen LogP contribution in [0.2, 0.25) is 0 Å². The standard InChI is InChI=1S/C18H23NO6S/c20-16(24-12-17(21)25-14-6-2-1-3-7-14)9-10-19-26-15-8-4-5-13(11-15)18(22)23/h4-5,8,11,14,19H,1-3,6-7,9-10,12H2,(H,22,23). The molecular formula is C18H23NO6S. The second-order valence-corrected chi connectivity index (χ2v) is 6.95. The van der Waals surface area contributed by atoms with Crippen molar-refractivity contribution in [2.45, 2.75) is 49.5 Å². The first-order valence-corrected chi connectivity index (χ1v) is 9.44. The number of nitrogens with one attached hydrogen (secondary N) is 1. The number of carbonyl (C=O) groups excluding carboxylic acids is 2. The van der Waals surface area contributed by atoms with Crippen molar-refractivity contribution in [1.29, 1.82) is 0 Å². The second kappa shape index (κ2) is 10.8. The molecule has 0 radical (unpaired) electrons.